The van der Waals surface area contributed by atoms with Crippen LogP contribution in [0.25, 0.3) is 0 Å². The molecule has 0 radical (unpaired) electrons. The first kappa shape index (κ1) is 18.6. The fourth-order valence-electron chi connectivity index (χ4n) is 4.07. The molecule has 0 aromatic heterocycles. The van der Waals surface area contributed by atoms with E-state index in [1.54, 1.807) is 12.1 Å². The Hall–Kier alpha value is -2.23. The van der Waals surface area contributed by atoms with Gasteiger partial charge in [-0.05, 0) is 17.1 Å². The van der Waals surface area contributed by atoms with Gasteiger partial charge in [-0.25, -0.2) is 4.99 Å². The number of hydrogen-bond donors (Lipinski definition) is 1. The molecule has 3 unspecified atom stereocenters. The van der Waals surface area contributed by atoms with E-state index in [0.29, 0.717) is 17.1 Å². The molecule has 0 amide bonds. The van der Waals surface area contributed by atoms with E-state index in [1.165, 1.54) is 35.7 Å². The van der Waals surface area contributed by atoms with E-state index in [0.717, 1.165) is 0 Å². The number of nitro groups is 1. The van der Waals surface area contributed by atoms with Gasteiger partial charge in [-0.1, -0.05) is 26.0 Å². The van der Waals surface area contributed by atoms with Gasteiger partial charge in [0.2, 0.25) is 0 Å². The standard InChI is InChI=1S/C17H17N5O2S2/c1-3-25-17(26-4-2)16(10-19)13(15(16,9-18)14(20)21-17)11-6-5-7-12(8-11)22(23)24/h5-8,13H,3-4H2,1-2H3,(H2,20,21). The molecule has 2 aliphatic rings. The highest BCUT2D eigenvalue weighted by Gasteiger charge is 2.91. The molecule has 9 heteroatoms. The third kappa shape index (κ3) is 1.99. The van der Waals surface area contributed by atoms with Crippen LogP contribution in [0.2, 0.25) is 0 Å². The molecule has 134 valence electrons. The van der Waals surface area contributed by atoms with Gasteiger partial charge in [0, 0.05) is 18.1 Å². The van der Waals surface area contributed by atoms with Crippen LogP contribution >= 0.6 is 23.5 Å². The number of nitrogens with zero attached hydrogens (tertiary/aromatic N) is 4. The van der Waals surface area contributed by atoms with Crippen molar-refractivity contribution in [2.24, 2.45) is 21.6 Å². The average molecular weight is 387 g/mol. The third-order valence-electron chi connectivity index (χ3n) is 5.02. The SMILES string of the molecule is CCSC1(SCC)N=C(N)C2(C#N)C(c3cccc([N+](=O)[O-])c3)C12C#N. The van der Waals surface area contributed by atoms with Crippen molar-refractivity contribution in [2.75, 3.05) is 11.5 Å². The van der Waals surface area contributed by atoms with Crippen LogP contribution in [0, 0.1) is 43.6 Å². The number of rotatable bonds is 6. The topological polar surface area (TPSA) is 129 Å². The van der Waals surface area contributed by atoms with Gasteiger partial charge in [0.05, 0.1) is 17.1 Å². The molecule has 1 aromatic carbocycles. The van der Waals surface area contributed by atoms with Crippen molar-refractivity contribution >= 4 is 35.0 Å². The molecule has 0 bridgehead atoms. The summed E-state index contributed by atoms with van der Waals surface area (Å²) in [6.45, 7) is 3.94. The van der Waals surface area contributed by atoms with Crippen LogP contribution in [0.15, 0.2) is 29.3 Å². The number of benzene rings is 1. The van der Waals surface area contributed by atoms with Crippen molar-refractivity contribution < 1.29 is 4.92 Å². The minimum absolute atomic E-state index is 0.0685. The van der Waals surface area contributed by atoms with Gasteiger partial charge in [-0.3, -0.25) is 10.1 Å². The summed E-state index contributed by atoms with van der Waals surface area (Å²) in [4.78, 5) is 15.3. The van der Waals surface area contributed by atoms with Gasteiger partial charge in [-0.15, -0.1) is 23.5 Å². The van der Waals surface area contributed by atoms with Crippen LogP contribution in [0.4, 0.5) is 5.69 Å². The highest BCUT2D eigenvalue weighted by Crippen LogP contribution is 2.85. The summed E-state index contributed by atoms with van der Waals surface area (Å²) >= 11 is 3.00. The second-order valence-electron chi connectivity index (χ2n) is 6.07. The number of non-ortho nitro benzene ring substituents is 1. The molecule has 3 atom stereocenters. The van der Waals surface area contributed by atoms with E-state index in [-0.39, 0.29) is 11.5 Å². The predicted octanol–water partition coefficient (Wildman–Crippen LogP) is 3.24. The summed E-state index contributed by atoms with van der Waals surface area (Å²) in [7, 11) is 0. The minimum atomic E-state index is -1.25. The molecule has 1 aromatic rings. The van der Waals surface area contributed by atoms with Crippen molar-refractivity contribution in [3.63, 3.8) is 0 Å². The number of fused-ring (bicyclic) bond motifs is 1. The summed E-state index contributed by atoms with van der Waals surface area (Å²) in [6, 6.07) is 10.7. The summed E-state index contributed by atoms with van der Waals surface area (Å²) in [5.41, 5.74) is 4.32. The molecular weight excluding hydrogens is 370 g/mol. The Kier molecular flexibility index (Phi) is 4.41. The fourth-order valence-corrected chi connectivity index (χ4v) is 7.32. The Morgan fingerprint density at radius 2 is 1.96 bits per heavy atom. The van der Waals surface area contributed by atoms with E-state index in [4.69, 9.17) is 5.73 Å². The smallest absolute Gasteiger partial charge is 0.269 e. The number of aliphatic imine (C=N–C) groups is 1. The lowest BCUT2D eigenvalue weighted by Gasteiger charge is -2.31. The van der Waals surface area contributed by atoms with Gasteiger partial charge in [0.1, 0.15) is 16.7 Å². The van der Waals surface area contributed by atoms with Crippen LogP contribution in [0.3, 0.4) is 0 Å². The quantitative estimate of drug-likeness (QED) is 0.450. The number of nitrogens with two attached hydrogens (primary N) is 1. The fraction of sp³-hybridized carbons (Fsp3) is 0.471. The van der Waals surface area contributed by atoms with Crippen molar-refractivity contribution in [1.29, 1.82) is 10.5 Å². The summed E-state index contributed by atoms with van der Waals surface area (Å²) in [6.07, 6.45) is 0. The first-order valence-corrected chi connectivity index (χ1v) is 10.1. The van der Waals surface area contributed by atoms with Gasteiger partial charge in [-0.2, -0.15) is 10.5 Å². The number of hydrogen-bond acceptors (Lipinski definition) is 8. The zero-order valence-corrected chi connectivity index (χ0v) is 15.9. The molecule has 2 N–H and O–H groups in total. The maximum Gasteiger partial charge on any atom is 0.269 e. The van der Waals surface area contributed by atoms with Crippen molar-refractivity contribution in [2.45, 2.75) is 24.0 Å². The van der Waals surface area contributed by atoms with E-state index in [2.05, 4.69) is 17.1 Å². The zero-order chi connectivity index (χ0) is 19.2. The van der Waals surface area contributed by atoms with E-state index >= 15 is 0 Å². The number of nitro benzene ring substituents is 1. The molecule has 1 aliphatic carbocycles. The lowest BCUT2D eigenvalue weighted by atomic mass is 9.97. The molecule has 1 heterocycles. The van der Waals surface area contributed by atoms with Crippen molar-refractivity contribution in [1.82, 2.24) is 0 Å². The summed E-state index contributed by atoms with van der Waals surface area (Å²) in [5, 5.41) is 31.3. The van der Waals surface area contributed by atoms with Gasteiger partial charge >= 0.3 is 0 Å². The first-order chi connectivity index (χ1) is 12.4. The maximum atomic E-state index is 11.2. The lowest BCUT2D eigenvalue weighted by Crippen LogP contribution is -2.31. The molecule has 1 aliphatic heterocycles. The molecule has 26 heavy (non-hydrogen) atoms. The Morgan fingerprint density at radius 3 is 2.46 bits per heavy atom. The summed E-state index contributed by atoms with van der Waals surface area (Å²) < 4.78 is -0.889. The van der Waals surface area contributed by atoms with Crippen LogP contribution in [-0.4, -0.2) is 26.5 Å². The second-order valence-corrected chi connectivity index (χ2v) is 9.24. The van der Waals surface area contributed by atoms with Crippen LogP contribution < -0.4 is 5.73 Å². The van der Waals surface area contributed by atoms with E-state index in [1.807, 2.05) is 13.8 Å². The highest BCUT2D eigenvalue weighted by atomic mass is 32.2. The minimum Gasteiger partial charge on any atom is -0.386 e. The largest absolute Gasteiger partial charge is 0.386 e. The second kappa shape index (κ2) is 6.19. The first-order valence-electron chi connectivity index (χ1n) is 8.11. The van der Waals surface area contributed by atoms with Crippen molar-refractivity contribution in [3.05, 3.63) is 39.9 Å². The number of nitriles is 2. The van der Waals surface area contributed by atoms with Crippen LogP contribution in [0.1, 0.15) is 25.3 Å². The number of thioether (sulfide) groups is 2. The predicted molar refractivity (Wildman–Crippen MR) is 103 cm³/mol. The Labute approximate surface area is 159 Å². The molecule has 7 nitrogen and oxygen atoms in total. The molecule has 0 saturated heterocycles. The Balaban J connectivity index is 2.22. The van der Waals surface area contributed by atoms with Gasteiger partial charge in [0.25, 0.3) is 5.69 Å². The zero-order valence-electron chi connectivity index (χ0n) is 14.3. The average Bonchev–Trinajstić information content (AvgIpc) is 3.21. The molecule has 1 saturated carbocycles. The maximum absolute atomic E-state index is 11.2. The lowest BCUT2D eigenvalue weighted by molar-refractivity contribution is -0.384. The molecule has 1 fully saturated rings. The van der Waals surface area contributed by atoms with E-state index in [9.17, 15) is 20.6 Å². The van der Waals surface area contributed by atoms with Crippen LogP contribution in [-0.2, 0) is 0 Å². The Morgan fingerprint density at radius 1 is 1.31 bits per heavy atom. The third-order valence-corrected chi connectivity index (χ3v) is 7.92. The van der Waals surface area contributed by atoms with Gasteiger partial charge in [0.15, 0.2) is 4.20 Å². The highest BCUT2D eigenvalue weighted by molar-refractivity contribution is 8.18. The molecular formula is C17H17N5O2S2. The van der Waals surface area contributed by atoms with Crippen LogP contribution in [0.5, 0.6) is 0 Å². The molecule has 0 spiro atoms. The molecule has 3 rings (SSSR count). The van der Waals surface area contributed by atoms with Crippen molar-refractivity contribution in [3.8, 4) is 12.1 Å². The van der Waals surface area contributed by atoms with Gasteiger partial charge < -0.3 is 5.73 Å². The Bertz CT molecular complexity index is 884. The summed E-state index contributed by atoms with van der Waals surface area (Å²) in [5.74, 6) is 1.02. The monoisotopic (exact) mass is 387 g/mol. The normalized spacial score (nSPS) is 30.6. The van der Waals surface area contributed by atoms with E-state index < -0.39 is 25.9 Å². The number of amidine groups is 1.